The first-order chi connectivity index (χ1) is 10.5. The number of aryl methyl sites for hydroxylation is 3. The number of Topliss-reactive ketones (excluding diaryl/α,β-unsaturated/α-hetero) is 1. The minimum atomic E-state index is 0.0346. The maximum Gasteiger partial charge on any atom is 0.203 e. The van der Waals surface area contributed by atoms with Gasteiger partial charge in [0.25, 0.3) is 0 Å². The van der Waals surface area contributed by atoms with Gasteiger partial charge in [-0.25, -0.2) is 0 Å². The first kappa shape index (κ1) is 14.3. The summed E-state index contributed by atoms with van der Waals surface area (Å²) in [7, 11) is 1.85. The van der Waals surface area contributed by atoms with E-state index in [1.807, 2.05) is 63.4 Å². The van der Waals surface area contributed by atoms with Gasteiger partial charge in [-0.1, -0.05) is 35.9 Å². The van der Waals surface area contributed by atoms with Gasteiger partial charge in [-0.3, -0.25) is 10.2 Å². The molecule has 0 amide bonds. The molecule has 0 saturated carbocycles. The van der Waals surface area contributed by atoms with Crippen LogP contribution in [-0.4, -0.2) is 14.9 Å². The molecule has 0 fully saturated rings. The third kappa shape index (κ3) is 2.26. The van der Waals surface area contributed by atoms with Crippen LogP contribution in [0.25, 0.3) is 11.0 Å². The molecule has 0 unspecified atom stereocenters. The van der Waals surface area contributed by atoms with Crippen LogP contribution in [0.3, 0.4) is 0 Å². The summed E-state index contributed by atoms with van der Waals surface area (Å²) in [4.78, 5) is 12.6. The Labute approximate surface area is 129 Å². The van der Waals surface area contributed by atoms with Crippen LogP contribution in [0.15, 0.2) is 42.5 Å². The van der Waals surface area contributed by atoms with Crippen LogP contribution in [0.4, 0.5) is 0 Å². The van der Waals surface area contributed by atoms with Crippen molar-refractivity contribution in [3.8, 4) is 0 Å². The number of hydrogen-bond donors (Lipinski definition) is 1. The number of nitrogens with zero attached hydrogens (tertiary/aromatic N) is 2. The zero-order chi connectivity index (χ0) is 15.9. The number of benzene rings is 2. The average molecular weight is 293 g/mol. The van der Waals surface area contributed by atoms with E-state index < -0.39 is 0 Å². The Bertz CT molecular complexity index is 931. The molecular formula is C18H19N3O. The van der Waals surface area contributed by atoms with Crippen molar-refractivity contribution in [1.29, 1.82) is 5.41 Å². The molecule has 1 aromatic heterocycles. The Morgan fingerprint density at radius 2 is 1.77 bits per heavy atom. The van der Waals surface area contributed by atoms with Crippen molar-refractivity contribution in [3.05, 3.63) is 64.8 Å². The lowest BCUT2D eigenvalue weighted by Gasteiger charge is -2.07. The molecule has 0 bridgehead atoms. The van der Waals surface area contributed by atoms with E-state index in [9.17, 15) is 4.79 Å². The monoisotopic (exact) mass is 293 g/mol. The molecule has 0 aliphatic heterocycles. The number of fused-ring (bicyclic) bond motifs is 1. The summed E-state index contributed by atoms with van der Waals surface area (Å²) < 4.78 is 3.56. The van der Waals surface area contributed by atoms with Crippen molar-refractivity contribution in [1.82, 2.24) is 9.13 Å². The lowest BCUT2D eigenvalue weighted by atomic mass is 10.0. The number of carbonyl (C=O) groups excluding carboxylic acids is 1. The maximum atomic E-state index is 12.6. The molecule has 0 saturated heterocycles. The largest absolute Gasteiger partial charge is 0.313 e. The molecule has 4 heteroatoms. The van der Waals surface area contributed by atoms with Crippen LogP contribution >= 0.6 is 0 Å². The van der Waals surface area contributed by atoms with Crippen molar-refractivity contribution in [2.75, 3.05) is 0 Å². The highest BCUT2D eigenvalue weighted by molar-refractivity contribution is 5.98. The lowest BCUT2D eigenvalue weighted by Crippen LogP contribution is -2.26. The van der Waals surface area contributed by atoms with E-state index in [4.69, 9.17) is 5.41 Å². The van der Waals surface area contributed by atoms with E-state index in [1.54, 1.807) is 9.13 Å². The van der Waals surface area contributed by atoms with Crippen LogP contribution in [0.1, 0.15) is 21.5 Å². The van der Waals surface area contributed by atoms with Gasteiger partial charge in [0.1, 0.15) is 0 Å². The molecule has 0 spiro atoms. The molecule has 0 aliphatic carbocycles. The predicted octanol–water partition coefficient (Wildman–Crippen LogP) is 2.96. The van der Waals surface area contributed by atoms with Crippen molar-refractivity contribution >= 4 is 16.8 Å². The molecule has 4 nitrogen and oxygen atoms in total. The maximum absolute atomic E-state index is 12.6. The summed E-state index contributed by atoms with van der Waals surface area (Å²) in [6.07, 6.45) is 0. The van der Waals surface area contributed by atoms with E-state index in [1.165, 1.54) is 0 Å². The molecule has 3 aromatic rings. The summed E-state index contributed by atoms with van der Waals surface area (Å²) in [5, 5.41) is 8.24. The number of ketones is 1. The van der Waals surface area contributed by atoms with Gasteiger partial charge in [0.2, 0.25) is 5.62 Å². The number of nitrogens with one attached hydrogen (secondary N) is 1. The van der Waals surface area contributed by atoms with Crippen molar-refractivity contribution < 1.29 is 4.79 Å². The number of carbonyl (C=O) groups is 1. The van der Waals surface area contributed by atoms with Crippen molar-refractivity contribution in [2.24, 2.45) is 7.05 Å². The quantitative estimate of drug-likeness (QED) is 0.742. The van der Waals surface area contributed by atoms with Crippen LogP contribution < -0.4 is 5.62 Å². The highest BCUT2D eigenvalue weighted by Gasteiger charge is 2.14. The lowest BCUT2D eigenvalue weighted by molar-refractivity contribution is 0.0971. The second-order valence-electron chi connectivity index (χ2n) is 5.70. The van der Waals surface area contributed by atoms with Gasteiger partial charge in [0.05, 0.1) is 17.6 Å². The van der Waals surface area contributed by atoms with E-state index >= 15 is 0 Å². The Hall–Kier alpha value is -2.62. The Kier molecular flexibility index (Phi) is 3.45. The first-order valence-corrected chi connectivity index (χ1v) is 7.28. The summed E-state index contributed by atoms with van der Waals surface area (Å²) in [6, 6.07) is 13.6. The molecule has 0 aliphatic rings. The molecule has 0 radical (unpaired) electrons. The Morgan fingerprint density at radius 1 is 1.09 bits per heavy atom. The SMILES string of the molecule is Cc1ccc(C(=O)Cn2c(=N)n(C)c3ccccc32)c(C)c1. The summed E-state index contributed by atoms with van der Waals surface area (Å²) in [6.45, 7) is 4.16. The molecule has 2 aromatic carbocycles. The topological polar surface area (TPSA) is 50.8 Å². The summed E-state index contributed by atoms with van der Waals surface area (Å²) >= 11 is 0. The fourth-order valence-corrected chi connectivity index (χ4v) is 2.90. The van der Waals surface area contributed by atoms with Crippen LogP contribution in [0.2, 0.25) is 0 Å². The average Bonchev–Trinajstić information content (AvgIpc) is 2.73. The highest BCUT2D eigenvalue weighted by atomic mass is 16.1. The zero-order valence-corrected chi connectivity index (χ0v) is 13.1. The molecular weight excluding hydrogens is 274 g/mol. The minimum Gasteiger partial charge on any atom is -0.313 e. The number of rotatable bonds is 3. The standard InChI is InChI=1S/C18H19N3O/c1-12-8-9-14(13(2)10-12)17(22)11-21-16-7-5-4-6-15(16)20(3)18(21)19/h4-10,19H,11H2,1-3H3. The Morgan fingerprint density at radius 3 is 2.45 bits per heavy atom. The van der Waals surface area contributed by atoms with E-state index in [0.29, 0.717) is 5.62 Å². The van der Waals surface area contributed by atoms with Gasteiger partial charge in [-0.15, -0.1) is 0 Å². The van der Waals surface area contributed by atoms with Gasteiger partial charge in [-0.2, -0.15) is 0 Å². The van der Waals surface area contributed by atoms with E-state index in [-0.39, 0.29) is 12.3 Å². The van der Waals surface area contributed by atoms with Gasteiger partial charge in [-0.05, 0) is 31.5 Å². The molecule has 22 heavy (non-hydrogen) atoms. The highest BCUT2D eigenvalue weighted by Crippen LogP contribution is 2.15. The van der Waals surface area contributed by atoms with Gasteiger partial charge >= 0.3 is 0 Å². The van der Waals surface area contributed by atoms with Crippen molar-refractivity contribution in [3.63, 3.8) is 0 Å². The summed E-state index contributed by atoms with van der Waals surface area (Å²) in [5.74, 6) is 0.0346. The van der Waals surface area contributed by atoms with E-state index in [2.05, 4.69) is 0 Å². The Balaban J connectivity index is 2.05. The zero-order valence-electron chi connectivity index (χ0n) is 13.1. The van der Waals surface area contributed by atoms with Gasteiger partial charge < -0.3 is 9.13 Å². The molecule has 3 rings (SSSR count). The van der Waals surface area contributed by atoms with Gasteiger partial charge in [0, 0.05) is 12.6 Å². The second-order valence-corrected chi connectivity index (χ2v) is 5.70. The second kappa shape index (κ2) is 5.30. The normalized spacial score (nSPS) is 11.0. The fourth-order valence-electron chi connectivity index (χ4n) is 2.90. The predicted molar refractivity (Wildman–Crippen MR) is 87.0 cm³/mol. The third-order valence-electron chi connectivity index (χ3n) is 4.09. The van der Waals surface area contributed by atoms with Gasteiger partial charge in [0.15, 0.2) is 5.78 Å². The minimum absolute atomic E-state index is 0.0346. The molecule has 1 heterocycles. The van der Waals surface area contributed by atoms with Crippen molar-refractivity contribution in [2.45, 2.75) is 20.4 Å². The van der Waals surface area contributed by atoms with E-state index in [0.717, 1.165) is 27.7 Å². The summed E-state index contributed by atoms with van der Waals surface area (Å²) in [5.41, 5.74) is 5.06. The molecule has 1 N–H and O–H groups in total. The first-order valence-electron chi connectivity index (χ1n) is 7.28. The van der Waals surface area contributed by atoms with Crippen LogP contribution in [-0.2, 0) is 13.6 Å². The number of aromatic nitrogens is 2. The molecule has 112 valence electrons. The molecule has 0 atom stereocenters. The fraction of sp³-hybridized carbons (Fsp3) is 0.222. The van der Waals surface area contributed by atoms with Crippen LogP contribution in [0, 0.1) is 19.3 Å². The number of para-hydroxylation sites is 2. The number of imidazole rings is 1. The third-order valence-corrected chi connectivity index (χ3v) is 4.09. The van der Waals surface area contributed by atoms with Crippen LogP contribution in [0.5, 0.6) is 0 Å². The smallest absolute Gasteiger partial charge is 0.203 e. The number of hydrogen-bond acceptors (Lipinski definition) is 2.